The highest BCUT2D eigenvalue weighted by Gasteiger charge is 2.38. The van der Waals surface area contributed by atoms with Crippen LogP contribution in [0.25, 0.3) is 6.08 Å². The highest BCUT2D eigenvalue weighted by molar-refractivity contribution is 6.15. The van der Waals surface area contributed by atoms with Crippen molar-refractivity contribution in [3.63, 3.8) is 0 Å². The fourth-order valence-corrected chi connectivity index (χ4v) is 3.98. The second kappa shape index (κ2) is 7.32. The van der Waals surface area contributed by atoms with Crippen LogP contribution >= 0.6 is 0 Å². The fraction of sp³-hybridized carbons (Fsp3) is 0.120. The number of fused-ring (bicyclic) bond motifs is 3. The van der Waals surface area contributed by atoms with Crippen LogP contribution in [0.1, 0.15) is 39.4 Å². The number of hydrogen-bond donors (Lipinski definition) is 1. The number of esters is 1. The van der Waals surface area contributed by atoms with E-state index in [-0.39, 0.29) is 29.7 Å². The van der Waals surface area contributed by atoms with E-state index >= 15 is 0 Å². The monoisotopic (exact) mass is 414 g/mol. The van der Waals surface area contributed by atoms with E-state index in [1.54, 1.807) is 55.7 Å². The highest BCUT2D eigenvalue weighted by atomic mass is 16.5. The van der Waals surface area contributed by atoms with Crippen molar-refractivity contribution in [2.45, 2.75) is 12.3 Å². The summed E-state index contributed by atoms with van der Waals surface area (Å²) in [5.74, 6) is 0.757. The molecule has 2 aliphatic rings. The molecular weight excluding hydrogens is 396 g/mol. The third-order valence-electron chi connectivity index (χ3n) is 5.47. The van der Waals surface area contributed by atoms with Crippen molar-refractivity contribution >= 4 is 17.8 Å². The molecule has 154 valence electrons. The zero-order valence-electron chi connectivity index (χ0n) is 16.6. The number of Topliss-reactive ketones (excluding diaryl/α,β-unsaturated/α-hetero) is 1. The standard InChI is InChI=1S/C25H18O6/c1-29-17-7-5-14(6-8-17)11-21-24(28)18-9-10-20-23(25(18)31-21)19(13-22(27)30-20)15-3-2-4-16(26)12-15/h2-12,19,26H,13H2,1H3. The van der Waals surface area contributed by atoms with Crippen LogP contribution in [0.5, 0.6) is 23.0 Å². The molecule has 0 fully saturated rings. The Hall–Kier alpha value is -4.06. The van der Waals surface area contributed by atoms with E-state index in [2.05, 4.69) is 0 Å². The number of carbonyl (C=O) groups is 2. The molecule has 31 heavy (non-hydrogen) atoms. The van der Waals surface area contributed by atoms with E-state index in [0.717, 1.165) is 11.1 Å². The number of aromatic hydroxyl groups is 1. The molecular formula is C25H18O6. The molecule has 1 unspecified atom stereocenters. The first-order chi connectivity index (χ1) is 15.0. The summed E-state index contributed by atoms with van der Waals surface area (Å²) in [6.45, 7) is 0. The maximum Gasteiger partial charge on any atom is 0.312 e. The molecule has 5 rings (SSSR count). The van der Waals surface area contributed by atoms with Gasteiger partial charge in [0, 0.05) is 11.5 Å². The number of hydrogen-bond acceptors (Lipinski definition) is 6. The van der Waals surface area contributed by atoms with Crippen LogP contribution in [0.4, 0.5) is 0 Å². The van der Waals surface area contributed by atoms with Gasteiger partial charge in [-0.15, -0.1) is 0 Å². The molecule has 0 saturated heterocycles. The van der Waals surface area contributed by atoms with Crippen molar-refractivity contribution < 1.29 is 28.9 Å². The normalized spacial score (nSPS) is 18.2. The van der Waals surface area contributed by atoms with Crippen molar-refractivity contribution in [3.05, 3.63) is 88.7 Å². The van der Waals surface area contributed by atoms with Gasteiger partial charge in [0.15, 0.2) is 5.76 Å². The first kappa shape index (κ1) is 18.9. The number of rotatable bonds is 3. The molecule has 0 radical (unpaired) electrons. The van der Waals surface area contributed by atoms with Gasteiger partial charge in [0.05, 0.1) is 19.1 Å². The lowest BCUT2D eigenvalue weighted by atomic mass is 9.84. The summed E-state index contributed by atoms with van der Waals surface area (Å²) in [7, 11) is 1.59. The Kier molecular flexibility index (Phi) is 4.47. The number of ketones is 1. The minimum absolute atomic E-state index is 0.0853. The zero-order valence-corrected chi connectivity index (χ0v) is 16.6. The second-order valence-electron chi connectivity index (χ2n) is 7.39. The Morgan fingerprint density at radius 2 is 1.84 bits per heavy atom. The minimum Gasteiger partial charge on any atom is -0.508 e. The van der Waals surface area contributed by atoms with Crippen molar-refractivity contribution in [2.24, 2.45) is 0 Å². The SMILES string of the molecule is COc1ccc(C=C2Oc3c(ccc4c3C(c3cccc(O)c3)CC(=O)O4)C2=O)cc1. The summed E-state index contributed by atoms with van der Waals surface area (Å²) in [6.07, 6.45) is 1.76. The van der Waals surface area contributed by atoms with Crippen LogP contribution in [-0.2, 0) is 4.79 Å². The lowest BCUT2D eigenvalue weighted by molar-refractivity contribution is -0.135. The molecule has 2 heterocycles. The zero-order chi connectivity index (χ0) is 21.5. The van der Waals surface area contributed by atoms with E-state index in [1.807, 2.05) is 18.2 Å². The second-order valence-corrected chi connectivity index (χ2v) is 7.39. The lowest BCUT2D eigenvalue weighted by Crippen LogP contribution is -2.21. The molecule has 0 amide bonds. The summed E-state index contributed by atoms with van der Waals surface area (Å²) < 4.78 is 16.6. The van der Waals surface area contributed by atoms with Crippen LogP contribution in [0.2, 0.25) is 0 Å². The third-order valence-corrected chi connectivity index (χ3v) is 5.47. The van der Waals surface area contributed by atoms with E-state index in [9.17, 15) is 14.7 Å². The maximum atomic E-state index is 13.0. The van der Waals surface area contributed by atoms with Crippen molar-refractivity contribution in [1.29, 1.82) is 0 Å². The maximum absolute atomic E-state index is 13.0. The predicted molar refractivity (Wildman–Crippen MR) is 113 cm³/mol. The lowest BCUT2D eigenvalue weighted by Gasteiger charge is -2.26. The summed E-state index contributed by atoms with van der Waals surface area (Å²) in [6, 6.07) is 17.2. The van der Waals surface area contributed by atoms with E-state index in [0.29, 0.717) is 28.4 Å². The molecule has 0 spiro atoms. The number of methoxy groups -OCH3 is 1. The molecule has 6 heteroatoms. The number of ether oxygens (including phenoxy) is 3. The number of carbonyl (C=O) groups excluding carboxylic acids is 2. The quantitative estimate of drug-likeness (QED) is 0.387. The van der Waals surface area contributed by atoms with Crippen LogP contribution in [-0.4, -0.2) is 24.0 Å². The van der Waals surface area contributed by atoms with Crippen LogP contribution in [0.3, 0.4) is 0 Å². The molecule has 1 atom stereocenters. The van der Waals surface area contributed by atoms with Gasteiger partial charge < -0.3 is 19.3 Å². The average molecular weight is 414 g/mol. The third kappa shape index (κ3) is 3.32. The summed E-state index contributed by atoms with van der Waals surface area (Å²) >= 11 is 0. The Morgan fingerprint density at radius 3 is 2.58 bits per heavy atom. The summed E-state index contributed by atoms with van der Waals surface area (Å²) in [4.78, 5) is 25.2. The number of phenols is 1. The summed E-state index contributed by atoms with van der Waals surface area (Å²) in [5.41, 5.74) is 2.59. The average Bonchev–Trinajstić information content (AvgIpc) is 3.09. The molecule has 3 aromatic rings. The molecule has 1 N–H and O–H groups in total. The Bertz CT molecular complexity index is 1240. The largest absolute Gasteiger partial charge is 0.508 e. The molecule has 6 nitrogen and oxygen atoms in total. The Morgan fingerprint density at radius 1 is 1.03 bits per heavy atom. The molecule has 0 bridgehead atoms. The fourth-order valence-electron chi connectivity index (χ4n) is 3.98. The molecule has 2 aliphatic heterocycles. The van der Waals surface area contributed by atoms with Crippen molar-refractivity contribution in [1.82, 2.24) is 0 Å². The van der Waals surface area contributed by atoms with Gasteiger partial charge in [0.1, 0.15) is 23.0 Å². The first-order valence-electron chi connectivity index (χ1n) is 9.78. The van der Waals surface area contributed by atoms with Gasteiger partial charge in [0.25, 0.3) is 0 Å². The predicted octanol–water partition coefficient (Wildman–Crippen LogP) is 4.46. The molecule has 3 aromatic carbocycles. The summed E-state index contributed by atoms with van der Waals surface area (Å²) in [5, 5.41) is 9.92. The van der Waals surface area contributed by atoms with E-state index < -0.39 is 5.92 Å². The van der Waals surface area contributed by atoms with Gasteiger partial charge in [-0.3, -0.25) is 9.59 Å². The van der Waals surface area contributed by atoms with Crippen LogP contribution in [0, 0.1) is 0 Å². The highest BCUT2D eigenvalue weighted by Crippen LogP contribution is 2.49. The topological polar surface area (TPSA) is 82.1 Å². The Balaban J connectivity index is 1.58. The number of phenolic OH excluding ortho intramolecular Hbond substituents is 1. The van der Waals surface area contributed by atoms with Gasteiger partial charge in [0.2, 0.25) is 5.78 Å². The van der Waals surface area contributed by atoms with Gasteiger partial charge in [-0.05, 0) is 53.6 Å². The van der Waals surface area contributed by atoms with Gasteiger partial charge in [-0.1, -0.05) is 24.3 Å². The molecule has 0 aliphatic carbocycles. The number of benzene rings is 3. The molecule has 0 saturated carbocycles. The molecule has 0 aromatic heterocycles. The first-order valence-corrected chi connectivity index (χ1v) is 9.78. The van der Waals surface area contributed by atoms with Crippen LogP contribution in [0.15, 0.2) is 66.4 Å². The van der Waals surface area contributed by atoms with Gasteiger partial charge >= 0.3 is 5.97 Å². The van der Waals surface area contributed by atoms with Crippen LogP contribution < -0.4 is 14.2 Å². The number of allylic oxidation sites excluding steroid dienone is 1. The van der Waals surface area contributed by atoms with Gasteiger partial charge in [-0.2, -0.15) is 0 Å². The van der Waals surface area contributed by atoms with Crippen molar-refractivity contribution in [3.8, 4) is 23.0 Å². The smallest absolute Gasteiger partial charge is 0.312 e. The van der Waals surface area contributed by atoms with Crippen molar-refractivity contribution in [2.75, 3.05) is 7.11 Å². The van der Waals surface area contributed by atoms with E-state index in [4.69, 9.17) is 14.2 Å². The minimum atomic E-state index is -0.397. The Labute approximate surface area is 178 Å². The van der Waals surface area contributed by atoms with E-state index in [1.165, 1.54) is 0 Å². The van der Waals surface area contributed by atoms with Gasteiger partial charge in [-0.25, -0.2) is 0 Å².